The molecule has 0 saturated heterocycles. The van der Waals surface area contributed by atoms with Crippen LogP contribution in [0.3, 0.4) is 0 Å². The average molecular weight is 288 g/mol. The van der Waals surface area contributed by atoms with Crippen molar-refractivity contribution in [1.82, 2.24) is 0 Å². The van der Waals surface area contributed by atoms with Gasteiger partial charge < -0.3 is 4.42 Å². The summed E-state index contributed by atoms with van der Waals surface area (Å²) in [6, 6.07) is 7.70. The van der Waals surface area contributed by atoms with Crippen molar-refractivity contribution in [1.29, 1.82) is 0 Å². The van der Waals surface area contributed by atoms with Gasteiger partial charge in [-0.15, -0.1) is 0 Å². The molecule has 100 valence electrons. The van der Waals surface area contributed by atoms with Crippen molar-refractivity contribution in [2.75, 3.05) is 5.75 Å². The Kier molecular flexibility index (Phi) is 3.66. The lowest BCUT2D eigenvalue weighted by Crippen LogP contribution is -2.17. The molecule has 0 radical (unpaired) electrons. The van der Waals surface area contributed by atoms with Gasteiger partial charge in [-0.2, -0.15) is 13.2 Å². The highest BCUT2D eigenvalue weighted by atomic mass is 32.2. The van der Waals surface area contributed by atoms with Gasteiger partial charge in [0, 0.05) is 5.39 Å². The van der Waals surface area contributed by atoms with E-state index in [9.17, 15) is 22.8 Å². The first-order valence-electron chi connectivity index (χ1n) is 5.13. The molecule has 3 nitrogen and oxygen atoms in total. The summed E-state index contributed by atoms with van der Waals surface area (Å²) in [5, 5.41) is 0.488. The van der Waals surface area contributed by atoms with Gasteiger partial charge in [-0.05, 0) is 23.9 Å². The summed E-state index contributed by atoms with van der Waals surface area (Å²) in [6.45, 7) is 0. The van der Waals surface area contributed by atoms with Gasteiger partial charge in [-0.25, -0.2) is 4.79 Å². The lowest BCUT2D eigenvalue weighted by molar-refractivity contribution is -0.0327. The van der Waals surface area contributed by atoms with Crippen LogP contribution >= 0.6 is 11.8 Å². The molecule has 0 saturated carbocycles. The van der Waals surface area contributed by atoms with E-state index in [0.717, 1.165) is 0 Å². The number of halogens is 3. The molecule has 2 aromatic rings. The molecule has 0 N–H and O–H groups in total. The van der Waals surface area contributed by atoms with Crippen LogP contribution in [0.1, 0.15) is 10.4 Å². The van der Waals surface area contributed by atoms with E-state index in [-0.39, 0.29) is 11.1 Å². The molecule has 1 aromatic heterocycles. The molecule has 0 spiro atoms. The Morgan fingerprint density at radius 2 is 1.95 bits per heavy atom. The molecule has 0 unspecified atom stereocenters. The summed E-state index contributed by atoms with van der Waals surface area (Å²) < 4.78 is 40.9. The minimum atomic E-state index is -4.51. The third-order valence-electron chi connectivity index (χ3n) is 2.31. The van der Waals surface area contributed by atoms with E-state index in [0.29, 0.717) is 5.39 Å². The number of ketones is 1. The van der Waals surface area contributed by atoms with Crippen LogP contribution in [-0.4, -0.2) is 17.0 Å². The Balaban J connectivity index is 2.32. The van der Waals surface area contributed by atoms with Crippen LogP contribution in [0.15, 0.2) is 39.5 Å². The summed E-state index contributed by atoms with van der Waals surface area (Å²) in [5.74, 6) is -1.74. The molecule has 0 fully saturated rings. The number of hydrogen-bond donors (Lipinski definition) is 0. The molecular weight excluding hydrogens is 281 g/mol. The number of thioether (sulfide) groups is 1. The van der Waals surface area contributed by atoms with Gasteiger partial charge in [-0.3, -0.25) is 4.79 Å². The molecule has 0 atom stereocenters. The molecule has 7 heteroatoms. The summed E-state index contributed by atoms with van der Waals surface area (Å²) in [5.41, 5.74) is -5.51. The standard InChI is InChI=1S/C12H7F3O3S/c13-12(14,15)19-6-9(16)8-5-7-3-1-2-4-10(7)18-11(8)17/h1-5H,6H2. The van der Waals surface area contributed by atoms with Crippen LogP contribution in [0.25, 0.3) is 11.0 Å². The summed E-state index contributed by atoms with van der Waals surface area (Å²) in [4.78, 5) is 23.1. The zero-order chi connectivity index (χ0) is 14.0. The second kappa shape index (κ2) is 5.08. The molecular formula is C12H7F3O3S. The van der Waals surface area contributed by atoms with E-state index in [1.54, 1.807) is 18.2 Å². The monoisotopic (exact) mass is 288 g/mol. The van der Waals surface area contributed by atoms with Crippen molar-refractivity contribution in [3.05, 3.63) is 46.3 Å². The molecule has 0 aliphatic rings. The highest BCUT2D eigenvalue weighted by Gasteiger charge is 2.30. The number of para-hydroxylation sites is 1. The van der Waals surface area contributed by atoms with Crippen LogP contribution in [0.4, 0.5) is 13.2 Å². The van der Waals surface area contributed by atoms with E-state index in [1.165, 1.54) is 12.1 Å². The molecule has 19 heavy (non-hydrogen) atoms. The van der Waals surface area contributed by atoms with Gasteiger partial charge in [0.1, 0.15) is 11.1 Å². The lowest BCUT2D eigenvalue weighted by atomic mass is 10.1. The number of rotatable bonds is 3. The second-order valence-corrected chi connectivity index (χ2v) is 4.68. The third-order valence-corrected chi connectivity index (χ3v) is 3.04. The van der Waals surface area contributed by atoms with Crippen molar-refractivity contribution < 1.29 is 22.4 Å². The summed E-state index contributed by atoms with van der Waals surface area (Å²) in [6.07, 6.45) is 0. The normalized spacial score (nSPS) is 11.7. The fourth-order valence-electron chi connectivity index (χ4n) is 1.48. The maximum absolute atomic E-state index is 12.0. The second-order valence-electron chi connectivity index (χ2n) is 3.64. The molecule has 0 bridgehead atoms. The minimum absolute atomic E-state index is 0.285. The van der Waals surface area contributed by atoms with Crippen LogP contribution < -0.4 is 5.63 Å². The van der Waals surface area contributed by atoms with Gasteiger partial charge >= 0.3 is 11.1 Å². The quantitative estimate of drug-likeness (QED) is 0.642. The zero-order valence-corrected chi connectivity index (χ0v) is 10.2. The number of carbonyl (C=O) groups excluding carboxylic acids is 1. The maximum Gasteiger partial charge on any atom is 0.442 e. The zero-order valence-electron chi connectivity index (χ0n) is 9.36. The fourth-order valence-corrected chi connectivity index (χ4v) is 1.93. The number of alkyl halides is 3. The number of carbonyl (C=O) groups is 1. The first-order valence-corrected chi connectivity index (χ1v) is 6.12. The van der Waals surface area contributed by atoms with Gasteiger partial charge in [-0.1, -0.05) is 18.2 Å². The Morgan fingerprint density at radius 3 is 2.63 bits per heavy atom. The predicted octanol–water partition coefficient (Wildman–Crippen LogP) is 3.23. The van der Waals surface area contributed by atoms with E-state index in [1.807, 2.05) is 0 Å². The van der Waals surface area contributed by atoms with Gasteiger partial charge in [0.15, 0.2) is 5.78 Å². The van der Waals surface area contributed by atoms with E-state index < -0.39 is 34.4 Å². The van der Waals surface area contributed by atoms with Crippen molar-refractivity contribution in [3.8, 4) is 0 Å². The Morgan fingerprint density at radius 1 is 1.26 bits per heavy atom. The lowest BCUT2D eigenvalue weighted by Gasteiger charge is -2.04. The van der Waals surface area contributed by atoms with Crippen LogP contribution in [0.2, 0.25) is 0 Å². The molecule has 0 aliphatic carbocycles. The smallest absolute Gasteiger partial charge is 0.422 e. The first kappa shape index (κ1) is 13.7. The topological polar surface area (TPSA) is 47.3 Å². The number of hydrogen-bond acceptors (Lipinski definition) is 4. The molecule has 1 heterocycles. The SMILES string of the molecule is O=C(CSC(F)(F)F)c1cc2ccccc2oc1=O. The maximum atomic E-state index is 12.0. The fraction of sp³-hybridized carbons (Fsp3) is 0.167. The first-order chi connectivity index (χ1) is 8.87. The van der Waals surface area contributed by atoms with E-state index >= 15 is 0 Å². The number of fused-ring (bicyclic) bond motifs is 1. The van der Waals surface area contributed by atoms with Crippen molar-refractivity contribution in [2.45, 2.75) is 5.51 Å². The molecule has 2 rings (SSSR count). The highest BCUT2D eigenvalue weighted by Crippen LogP contribution is 2.30. The van der Waals surface area contributed by atoms with E-state index in [2.05, 4.69) is 0 Å². The number of Topliss-reactive ketones (excluding diaryl/α,β-unsaturated/α-hetero) is 1. The van der Waals surface area contributed by atoms with Crippen LogP contribution in [0, 0.1) is 0 Å². The molecule has 0 amide bonds. The minimum Gasteiger partial charge on any atom is -0.422 e. The predicted molar refractivity (Wildman–Crippen MR) is 65.3 cm³/mol. The third kappa shape index (κ3) is 3.37. The van der Waals surface area contributed by atoms with Crippen LogP contribution in [-0.2, 0) is 0 Å². The van der Waals surface area contributed by atoms with Crippen molar-refractivity contribution in [2.24, 2.45) is 0 Å². The van der Waals surface area contributed by atoms with Crippen molar-refractivity contribution in [3.63, 3.8) is 0 Å². The Bertz CT molecular complexity index is 676. The number of benzene rings is 1. The van der Waals surface area contributed by atoms with E-state index in [4.69, 9.17) is 4.42 Å². The molecule has 0 aliphatic heterocycles. The summed E-state index contributed by atoms with van der Waals surface area (Å²) >= 11 is -0.479. The van der Waals surface area contributed by atoms with Gasteiger partial charge in [0.25, 0.3) is 0 Å². The summed E-state index contributed by atoms with van der Waals surface area (Å²) in [7, 11) is 0. The Hall–Kier alpha value is -1.76. The van der Waals surface area contributed by atoms with Gasteiger partial charge in [0.05, 0.1) is 5.75 Å². The average Bonchev–Trinajstić information content (AvgIpc) is 2.34. The Labute approximate surface area is 109 Å². The molecule has 1 aromatic carbocycles. The van der Waals surface area contributed by atoms with Crippen molar-refractivity contribution >= 4 is 28.5 Å². The largest absolute Gasteiger partial charge is 0.442 e. The van der Waals surface area contributed by atoms with Gasteiger partial charge in [0.2, 0.25) is 0 Å². The van der Waals surface area contributed by atoms with Crippen LogP contribution in [0.5, 0.6) is 0 Å². The highest BCUT2D eigenvalue weighted by molar-refractivity contribution is 8.00.